The molecule has 0 aromatic carbocycles. The van der Waals surface area contributed by atoms with Gasteiger partial charge in [0.15, 0.2) is 5.82 Å². The Balaban J connectivity index is 1.62. The van der Waals surface area contributed by atoms with Crippen LogP contribution in [0, 0.1) is 0 Å². The molecule has 0 unspecified atom stereocenters. The van der Waals surface area contributed by atoms with Crippen molar-refractivity contribution in [1.82, 2.24) is 20.3 Å². The van der Waals surface area contributed by atoms with E-state index in [1.807, 2.05) is 6.92 Å². The van der Waals surface area contributed by atoms with Crippen LogP contribution in [-0.4, -0.2) is 33.7 Å². The highest BCUT2D eigenvalue weighted by Gasteiger charge is 2.28. The van der Waals surface area contributed by atoms with E-state index in [4.69, 9.17) is 4.74 Å². The molecule has 0 aliphatic carbocycles. The Labute approximate surface area is 126 Å². The highest BCUT2D eigenvalue weighted by atomic mass is 32.1. The van der Waals surface area contributed by atoms with Gasteiger partial charge >= 0.3 is 6.03 Å². The smallest absolute Gasteiger partial charge is 0.320 e. The third-order valence-electron chi connectivity index (χ3n) is 3.37. The second kappa shape index (κ2) is 5.82. The molecule has 0 saturated carbocycles. The van der Waals surface area contributed by atoms with E-state index < -0.39 is 0 Å². The quantitative estimate of drug-likeness (QED) is 0.904. The number of aryl methyl sites for hydroxylation is 1. The molecule has 1 aliphatic heterocycles. The zero-order chi connectivity index (χ0) is 14.8. The Morgan fingerprint density at radius 2 is 2.48 bits per heavy atom. The molecule has 0 bridgehead atoms. The molecule has 2 aromatic heterocycles. The number of hydrogen-bond acceptors (Lipinski definition) is 5. The first-order chi connectivity index (χ1) is 10.1. The second-order valence-corrected chi connectivity index (χ2v) is 6.01. The van der Waals surface area contributed by atoms with Gasteiger partial charge in [0.2, 0.25) is 0 Å². The Kier molecular flexibility index (Phi) is 3.89. The maximum absolute atomic E-state index is 12.0. The summed E-state index contributed by atoms with van der Waals surface area (Å²) in [5.74, 6) is 0.419. The summed E-state index contributed by atoms with van der Waals surface area (Å²) in [6, 6.07) is 1.63. The number of ether oxygens (including phenoxy) is 1. The van der Waals surface area contributed by atoms with Gasteiger partial charge in [-0.1, -0.05) is 5.21 Å². The number of amides is 2. The molecule has 0 saturated heterocycles. The van der Waals surface area contributed by atoms with Crippen LogP contribution in [0.3, 0.4) is 0 Å². The zero-order valence-corrected chi connectivity index (χ0v) is 12.7. The van der Waals surface area contributed by atoms with Gasteiger partial charge in [0, 0.05) is 18.3 Å². The van der Waals surface area contributed by atoms with Gasteiger partial charge < -0.3 is 10.1 Å². The number of rotatable bonds is 3. The van der Waals surface area contributed by atoms with E-state index in [0.717, 1.165) is 6.42 Å². The van der Waals surface area contributed by atoms with Crippen molar-refractivity contribution in [2.24, 2.45) is 7.05 Å². The van der Waals surface area contributed by atoms with Crippen molar-refractivity contribution in [2.75, 3.05) is 11.9 Å². The highest BCUT2D eigenvalue weighted by molar-refractivity contribution is 7.10. The fourth-order valence-electron chi connectivity index (χ4n) is 2.43. The van der Waals surface area contributed by atoms with Gasteiger partial charge in [-0.15, -0.1) is 16.4 Å². The molecular weight excluding hydrogens is 290 g/mol. The number of thiophene rings is 1. The summed E-state index contributed by atoms with van der Waals surface area (Å²) in [7, 11) is 1.74. The predicted molar refractivity (Wildman–Crippen MR) is 79.3 cm³/mol. The van der Waals surface area contributed by atoms with Crippen LogP contribution in [0.15, 0.2) is 17.6 Å². The van der Waals surface area contributed by atoms with Gasteiger partial charge in [0.05, 0.1) is 18.8 Å². The van der Waals surface area contributed by atoms with Crippen molar-refractivity contribution in [2.45, 2.75) is 25.5 Å². The fraction of sp³-hybridized carbons (Fsp3) is 0.462. The van der Waals surface area contributed by atoms with Crippen molar-refractivity contribution in [3.63, 3.8) is 0 Å². The Morgan fingerprint density at radius 1 is 1.62 bits per heavy atom. The fourth-order valence-corrected chi connectivity index (χ4v) is 3.33. The maximum atomic E-state index is 12.0. The zero-order valence-electron chi connectivity index (χ0n) is 11.9. The van der Waals surface area contributed by atoms with Gasteiger partial charge in [-0.2, -0.15) is 0 Å². The van der Waals surface area contributed by atoms with E-state index in [2.05, 4.69) is 32.4 Å². The minimum atomic E-state index is -0.311. The summed E-state index contributed by atoms with van der Waals surface area (Å²) < 4.78 is 7.34. The summed E-state index contributed by atoms with van der Waals surface area (Å²) >= 11 is 1.74. The SMILES string of the molecule is C[C@@H](NC(=O)Nc1cn(C)nn1)[C@@H]1OCCc2sccc21. The Hall–Kier alpha value is -1.93. The lowest BCUT2D eigenvalue weighted by molar-refractivity contribution is 0.0238. The largest absolute Gasteiger partial charge is 0.371 e. The van der Waals surface area contributed by atoms with Gasteiger partial charge in [0.1, 0.15) is 6.10 Å². The Bertz CT molecular complexity index is 638. The van der Waals surface area contributed by atoms with E-state index in [-0.39, 0.29) is 18.2 Å². The lowest BCUT2D eigenvalue weighted by Crippen LogP contribution is -2.41. The molecule has 2 atom stereocenters. The topological polar surface area (TPSA) is 81.1 Å². The van der Waals surface area contributed by atoms with Crippen LogP contribution >= 0.6 is 11.3 Å². The summed E-state index contributed by atoms with van der Waals surface area (Å²) in [6.45, 7) is 2.63. The molecule has 3 heterocycles. The number of anilines is 1. The predicted octanol–water partition coefficient (Wildman–Crippen LogP) is 1.70. The average molecular weight is 307 g/mol. The van der Waals surface area contributed by atoms with Gasteiger partial charge in [-0.25, -0.2) is 4.79 Å². The summed E-state index contributed by atoms with van der Waals surface area (Å²) in [5, 5.41) is 15.2. The first-order valence-corrected chi connectivity index (χ1v) is 7.63. The van der Waals surface area contributed by atoms with Gasteiger partial charge in [-0.3, -0.25) is 10.00 Å². The number of urea groups is 1. The van der Waals surface area contributed by atoms with Crippen LogP contribution in [-0.2, 0) is 18.2 Å². The number of hydrogen-bond donors (Lipinski definition) is 2. The Morgan fingerprint density at radius 3 is 3.24 bits per heavy atom. The van der Waals surface area contributed by atoms with Crippen LogP contribution in [0.1, 0.15) is 23.5 Å². The number of nitrogens with one attached hydrogen (secondary N) is 2. The van der Waals surface area contributed by atoms with Crippen LogP contribution in [0.4, 0.5) is 10.6 Å². The van der Waals surface area contributed by atoms with Crippen molar-refractivity contribution in [3.05, 3.63) is 28.1 Å². The molecule has 1 aliphatic rings. The molecule has 0 spiro atoms. The van der Waals surface area contributed by atoms with Crippen LogP contribution < -0.4 is 10.6 Å². The number of carbonyl (C=O) groups is 1. The van der Waals surface area contributed by atoms with E-state index in [0.29, 0.717) is 12.4 Å². The maximum Gasteiger partial charge on any atom is 0.320 e. The normalized spacial score (nSPS) is 18.9. The molecule has 2 aromatic rings. The lowest BCUT2D eigenvalue weighted by atomic mass is 10.0. The van der Waals surface area contributed by atoms with Gasteiger partial charge in [0.25, 0.3) is 0 Å². The molecule has 2 N–H and O–H groups in total. The first kappa shape index (κ1) is 14.0. The van der Waals surface area contributed by atoms with Gasteiger partial charge in [-0.05, 0) is 23.9 Å². The second-order valence-electron chi connectivity index (χ2n) is 5.01. The standard InChI is InChI=1S/C13H17N5O2S/c1-8(12-9-4-6-21-10(9)3-5-20-12)14-13(19)15-11-7-18(2)17-16-11/h4,6-8,12H,3,5H2,1-2H3,(H2,14,15,19)/t8-,12+/m1/s1. The third-order valence-corrected chi connectivity index (χ3v) is 4.37. The van der Waals surface area contributed by atoms with Crippen LogP contribution in [0.25, 0.3) is 0 Å². The minimum Gasteiger partial charge on any atom is -0.371 e. The summed E-state index contributed by atoms with van der Waals surface area (Å²) in [5.41, 5.74) is 1.18. The van der Waals surface area contributed by atoms with Crippen LogP contribution in [0.2, 0.25) is 0 Å². The molecule has 0 radical (unpaired) electrons. The molecular formula is C13H17N5O2S. The molecule has 7 nitrogen and oxygen atoms in total. The average Bonchev–Trinajstić information content (AvgIpc) is 3.06. The van der Waals surface area contributed by atoms with E-state index in [1.165, 1.54) is 15.1 Å². The first-order valence-electron chi connectivity index (χ1n) is 6.75. The highest BCUT2D eigenvalue weighted by Crippen LogP contribution is 2.33. The van der Waals surface area contributed by atoms with Crippen molar-refractivity contribution >= 4 is 23.2 Å². The van der Waals surface area contributed by atoms with E-state index in [9.17, 15) is 4.79 Å². The number of nitrogens with zero attached hydrogens (tertiary/aromatic N) is 3. The molecule has 8 heteroatoms. The van der Waals surface area contributed by atoms with E-state index >= 15 is 0 Å². The molecule has 21 heavy (non-hydrogen) atoms. The summed E-state index contributed by atoms with van der Waals surface area (Å²) in [4.78, 5) is 13.3. The number of aromatic nitrogens is 3. The number of fused-ring (bicyclic) bond motifs is 1. The van der Waals surface area contributed by atoms with Crippen molar-refractivity contribution in [3.8, 4) is 0 Å². The molecule has 2 amide bonds. The number of carbonyl (C=O) groups excluding carboxylic acids is 1. The van der Waals surface area contributed by atoms with Crippen molar-refractivity contribution < 1.29 is 9.53 Å². The van der Waals surface area contributed by atoms with Crippen molar-refractivity contribution in [1.29, 1.82) is 0 Å². The van der Waals surface area contributed by atoms with Crippen LogP contribution in [0.5, 0.6) is 0 Å². The molecule has 0 fully saturated rings. The monoisotopic (exact) mass is 307 g/mol. The lowest BCUT2D eigenvalue weighted by Gasteiger charge is -2.29. The molecule has 112 valence electrons. The van der Waals surface area contributed by atoms with E-state index in [1.54, 1.807) is 24.6 Å². The third kappa shape index (κ3) is 3.06. The minimum absolute atomic E-state index is 0.104. The summed E-state index contributed by atoms with van der Waals surface area (Å²) in [6.07, 6.45) is 2.48. The molecule has 3 rings (SSSR count).